The van der Waals surface area contributed by atoms with Gasteiger partial charge in [-0.2, -0.15) is 13.2 Å². The average molecular weight is 287 g/mol. The Bertz CT molecular complexity index is 560. The molecule has 0 spiro atoms. The summed E-state index contributed by atoms with van der Waals surface area (Å²) in [5.41, 5.74) is 9.56. The zero-order valence-electron chi connectivity index (χ0n) is 11.0. The predicted octanol–water partition coefficient (Wildman–Crippen LogP) is 2.69. The van der Waals surface area contributed by atoms with Gasteiger partial charge in [-0.1, -0.05) is 24.0 Å². The molecule has 110 valence electrons. The largest absolute Gasteiger partial charge is 0.482 e. The Kier molecular flexibility index (Phi) is 3.16. The van der Waals surface area contributed by atoms with E-state index >= 15 is 0 Å². The first kappa shape index (κ1) is 14.6. The van der Waals surface area contributed by atoms with Crippen LogP contribution < -0.4 is 5.73 Å². The third-order valence-electron chi connectivity index (χ3n) is 3.34. The number of aromatic nitrogens is 1. The van der Waals surface area contributed by atoms with E-state index in [9.17, 15) is 13.2 Å². The Morgan fingerprint density at radius 2 is 2.00 bits per heavy atom. The third kappa shape index (κ3) is 2.20. The summed E-state index contributed by atoms with van der Waals surface area (Å²) in [6.07, 6.45) is -4.65. The van der Waals surface area contributed by atoms with Crippen molar-refractivity contribution in [2.45, 2.75) is 31.2 Å². The van der Waals surface area contributed by atoms with Gasteiger partial charge in [-0.15, -0.1) is 0 Å². The van der Waals surface area contributed by atoms with Crippen molar-refractivity contribution in [3.63, 3.8) is 0 Å². The SMILES string of the molecule is C[C@]1(c2cccc([NH-])n2)CO[C@@](C)(C(F)(F)F)C(N)=N1. The molecule has 0 fully saturated rings. The molecule has 2 heterocycles. The summed E-state index contributed by atoms with van der Waals surface area (Å²) in [4.78, 5) is 7.90. The molecule has 0 saturated heterocycles. The molecule has 3 N–H and O–H groups in total. The molecule has 0 aromatic carbocycles. The highest BCUT2D eigenvalue weighted by Gasteiger charge is 2.58. The number of nitrogens with zero attached hydrogens (tertiary/aromatic N) is 2. The highest BCUT2D eigenvalue weighted by molar-refractivity contribution is 5.90. The summed E-state index contributed by atoms with van der Waals surface area (Å²) < 4.78 is 43.9. The van der Waals surface area contributed by atoms with Gasteiger partial charge in [0, 0.05) is 0 Å². The van der Waals surface area contributed by atoms with Gasteiger partial charge < -0.3 is 21.2 Å². The van der Waals surface area contributed by atoms with Crippen molar-refractivity contribution in [1.29, 1.82) is 0 Å². The van der Waals surface area contributed by atoms with Gasteiger partial charge in [-0.05, 0) is 19.5 Å². The number of alkyl halides is 3. The molecular weight excluding hydrogens is 273 g/mol. The first-order valence-electron chi connectivity index (χ1n) is 5.84. The van der Waals surface area contributed by atoms with E-state index in [0.29, 0.717) is 5.69 Å². The molecular formula is C12H14F3N4O-. The number of nitrogens with two attached hydrogens (primary N) is 1. The van der Waals surface area contributed by atoms with Crippen LogP contribution in [-0.4, -0.2) is 29.2 Å². The number of pyridine rings is 1. The first-order valence-corrected chi connectivity index (χ1v) is 5.84. The van der Waals surface area contributed by atoms with Gasteiger partial charge in [0.15, 0.2) is 0 Å². The number of rotatable bonds is 1. The Hall–Kier alpha value is -1.83. The number of halogens is 3. The number of ether oxygens (including phenoxy) is 1. The molecule has 20 heavy (non-hydrogen) atoms. The molecule has 0 bridgehead atoms. The second-order valence-electron chi connectivity index (χ2n) is 5.00. The van der Waals surface area contributed by atoms with Gasteiger partial charge in [-0.3, -0.25) is 4.99 Å². The molecule has 0 saturated carbocycles. The van der Waals surface area contributed by atoms with E-state index in [1.807, 2.05) is 0 Å². The lowest BCUT2D eigenvalue weighted by Gasteiger charge is -2.41. The zero-order valence-corrected chi connectivity index (χ0v) is 11.0. The predicted molar refractivity (Wildman–Crippen MR) is 67.6 cm³/mol. The summed E-state index contributed by atoms with van der Waals surface area (Å²) in [6, 6.07) is 4.62. The second kappa shape index (κ2) is 4.34. The maximum absolute atomic E-state index is 13.0. The molecule has 1 aromatic rings. The van der Waals surface area contributed by atoms with Crippen LogP contribution in [0.5, 0.6) is 0 Å². The van der Waals surface area contributed by atoms with Gasteiger partial charge in [0.25, 0.3) is 0 Å². The second-order valence-corrected chi connectivity index (χ2v) is 5.00. The van der Waals surface area contributed by atoms with Crippen molar-refractivity contribution in [2.24, 2.45) is 10.7 Å². The number of amidine groups is 1. The molecule has 1 aliphatic rings. The van der Waals surface area contributed by atoms with E-state index < -0.39 is 23.2 Å². The lowest BCUT2D eigenvalue weighted by atomic mass is 9.93. The van der Waals surface area contributed by atoms with Crippen molar-refractivity contribution in [3.8, 4) is 0 Å². The van der Waals surface area contributed by atoms with Crippen LogP contribution in [0.2, 0.25) is 0 Å². The Balaban J connectivity index is 2.44. The maximum atomic E-state index is 13.0. The van der Waals surface area contributed by atoms with Crippen LogP contribution in [0.15, 0.2) is 23.2 Å². The number of hydrogen-bond donors (Lipinski definition) is 1. The Morgan fingerprint density at radius 1 is 1.35 bits per heavy atom. The van der Waals surface area contributed by atoms with Gasteiger partial charge in [-0.25, -0.2) is 0 Å². The standard InChI is InChI=1S/C12H14F3N4O/c1-10(7-4-3-5-8(16)18-7)6-20-11(2,9(17)19-10)12(13,14)15/h3-5H,6H2,1-2H3,(H3-,16,17,18,19)/q-1/t10-,11-/m1/s1. The summed E-state index contributed by atoms with van der Waals surface area (Å²) in [7, 11) is 0. The fourth-order valence-corrected chi connectivity index (χ4v) is 1.86. The molecule has 1 aromatic heterocycles. The maximum Gasteiger partial charge on any atom is 0.424 e. The summed E-state index contributed by atoms with van der Waals surface area (Å²) >= 11 is 0. The van der Waals surface area contributed by atoms with Crippen LogP contribution >= 0.6 is 0 Å². The molecule has 1 aliphatic heterocycles. The van der Waals surface area contributed by atoms with Crippen LogP contribution in [0.3, 0.4) is 0 Å². The van der Waals surface area contributed by atoms with Crippen molar-refractivity contribution >= 4 is 11.7 Å². The molecule has 0 amide bonds. The smallest absolute Gasteiger partial charge is 0.424 e. The number of nitrogens with one attached hydrogen (secondary N) is 1. The molecule has 8 heteroatoms. The average Bonchev–Trinajstić information content (AvgIpc) is 2.33. The van der Waals surface area contributed by atoms with Crippen LogP contribution in [-0.2, 0) is 10.3 Å². The fourth-order valence-electron chi connectivity index (χ4n) is 1.86. The van der Waals surface area contributed by atoms with Crippen LogP contribution in [0.25, 0.3) is 5.73 Å². The fraction of sp³-hybridized carbons (Fsp3) is 0.500. The molecule has 0 radical (unpaired) electrons. The quantitative estimate of drug-likeness (QED) is 0.861. The van der Waals surface area contributed by atoms with Crippen LogP contribution in [0, 0.1) is 0 Å². The van der Waals surface area contributed by atoms with E-state index in [-0.39, 0.29) is 12.4 Å². The zero-order chi connectivity index (χ0) is 15.2. The van der Waals surface area contributed by atoms with Gasteiger partial charge in [0.2, 0.25) is 5.60 Å². The van der Waals surface area contributed by atoms with Crippen molar-refractivity contribution in [3.05, 3.63) is 29.6 Å². The number of aliphatic imine (C=N–C) groups is 1. The van der Waals surface area contributed by atoms with E-state index in [4.69, 9.17) is 16.2 Å². The minimum atomic E-state index is -4.65. The first-order chi connectivity index (χ1) is 9.08. The highest BCUT2D eigenvalue weighted by atomic mass is 19.4. The normalized spacial score (nSPS) is 30.9. The summed E-state index contributed by atoms with van der Waals surface area (Å²) in [6.45, 7) is 2.09. The summed E-state index contributed by atoms with van der Waals surface area (Å²) in [5.74, 6) is -0.641. The minimum absolute atomic E-state index is 0.00153. The lowest BCUT2D eigenvalue weighted by molar-refractivity contribution is -0.249. The van der Waals surface area contributed by atoms with Crippen molar-refractivity contribution in [2.75, 3.05) is 6.61 Å². The monoisotopic (exact) mass is 287 g/mol. The van der Waals surface area contributed by atoms with E-state index in [0.717, 1.165) is 6.92 Å². The van der Waals surface area contributed by atoms with Gasteiger partial charge in [0.1, 0.15) is 11.4 Å². The molecule has 5 nitrogen and oxygen atoms in total. The molecule has 2 atom stereocenters. The third-order valence-corrected chi connectivity index (χ3v) is 3.34. The lowest BCUT2D eigenvalue weighted by Crippen LogP contribution is -2.60. The summed E-state index contributed by atoms with van der Waals surface area (Å²) in [5, 5.41) is 0. The molecule has 2 rings (SSSR count). The van der Waals surface area contributed by atoms with Crippen LogP contribution in [0.1, 0.15) is 19.5 Å². The molecule has 0 unspecified atom stereocenters. The van der Waals surface area contributed by atoms with E-state index in [1.165, 1.54) is 6.07 Å². The molecule has 0 aliphatic carbocycles. The topological polar surface area (TPSA) is 84.3 Å². The van der Waals surface area contributed by atoms with E-state index in [1.54, 1.807) is 19.1 Å². The van der Waals surface area contributed by atoms with Crippen molar-refractivity contribution in [1.82, 2.24) is 4.98 Å². The van der Waals surface area contributed by atoms with Crippen LogP contribution in [0.4, 0.5) is 19.0 Å². The van der Waals surface area contributed by atoms with Gasteiger partial charge >= 0.3 is 6.18 Å². The minimum Gasteiger partial charge on any atom is -0.482 e. The van der Waals surface area contributed by atoms with Gasteiger partial charge in [0.05, 0.1) is 6.61 Å². The number of hydrogen-bond acceptors (Lipinski definition) is 4. The van der Waals surface area contributed by atoms with Crippen molar-refractivity contribution < 1.29 is 17.9 Å². The Labute approximate surface area is 113 Å². The Morgan fingerprint density at radius 3 is 2.50 bits per heavy atom. The highest BCUT2D eigenvalue weighted by Crippen LogP contribution is 2.40. The van der Waals surface area contributed by atoms with E-state index in [2.05, 4.69) is 9.98 Å².